The van der Waals surface area contributed by atoms with Gasteiger partial charge in [0.2, 0.25) is 0 Å². The first-order valence-corrected chi connectivity index (χ1v) is 8.16. The fourth-order valence-electron chi connectivity index (χ4n) is 2.05. The zero-order valence-corrected chi connectivity index (χ0v) is 12.5. The molecule has 3 rings (SSSR count). The molecule has 2 heterocycles. The summed E-state index contributed by atoms with van der Waals surface area (Å²) in [5.41, 5.74) is -0.227. The van der Waals surface area contributed by atoms with Crippen LogP contribution in [0.4, 0.5) is 8.78 Å². The zero-order valence-electron chi connectivity index (χ0n) is 10.9. The summed E-state index contributed by atoms with van der Waals surface area (Å²) in [5, 5.41) is 2.72. The van der Waals surface area contributed by atoms with E-state index in [2.05, 4.69) is 0 Å². The van der Waals surface area contributed by atoms with Crippen LogP contribution < -0.4 is 0 Å². The van der Waals surface area contributed by atoms with Gasteiger partial charge in [-0.15, -0.1) is 23.1 Å². The van der Waals surface area contributed by atoms with Crippen LogP contribution in [0, 0.1) is 11.6 Å². The van der Waals surface area contributed by atoms with Crippen molar-refractivity contribution < 1.29 is 13.6 Å². The second-order valence-corrected chi connectivity index (χ2v) is 6.52. The van der Waals surface area contributed by atoms with Crippen LogP contribution in [0.2, 0.25) is 0 Å². The smallest absolute Gasteiger partial charge is 0.261 e. The fraction of sp³-hybridized carbons (Fsp3) is 0.133. The highest BCUT2D eigenvalue weighted by atomic mass is 32.2. The summed E-state index contributed by atoms with van der Waals surface area (Å²) in [4.78, 5) is 15.0. The minimum absolute atomic E-state index is 0.227. The summed E-state index contributed by atoms with van der Waals surface area (Å²) in [6.45, 7) is 0.497. The van der Waals surface area contributed by atoms with Crippen LogP contribution in [0.5, 0.6) is 0 Å². The summed E-state index contributed by atoms with van der Waals surface area (Å²) in [6, 6.07) is 6.81. The number of thiophene rings is 1. The number of rotatable bonds is 2. The largest absolute Gasteiger partial charge is 0.302 e. The predicted octanol–water partition coefficient (Wildman–Crippen LogP) is 4.21. The van der Waals surface area contributed by atoms with E-state index < -0.39 is 17.5 Å². The molecule has 1 aromatic carbocycles. The van der Waals surface area contributed by atoms with Gasteiger partial charge in [0, 0.05) is 17.2 Å². The Kier molecular flexibility index (Phi) is 4.07. The number of hydrogen-bond acceptors (Lipinski definition) is 3. The van der Waals surface area contributed by atoms with Gasteiger partial charge in [-0.3, -0.25) is 4.79 Å². The van der Waals surface area contributed by atoms with Crippen LogP contribution in [-0.2, 0) is 0 Å². The van der Waals surface area contributed by atoms with Gasteiger partial charge in [0.1, 0.15) is 11.6 Å². The number of amides is 1. The maximum atomic E-state index is 13.7. The van der Waals surface area contributed by atoms with Crippen LogP contribution in [0.1, 0.15) is 15.2 Å². The number of benzene rings is 1. The molecule has 2 nitrogen and oxygen atoms in total. The lowest BCUT2D eigenvalue weighted by Gasteiger charge is -2.17. The molecule has 1 amide bonds. The molecule has 0 aliphatic carbocycles. The molecule has 6 heteroatoms. The van der Waals surface area contributed by atoms with Crippen molar-refractivity contribution in [1.82, 2.24) is 4.90 Å². The third-order valence-electron chi connectivity index (χ3n) is 3.04. The second-order valence-electron chi connectivity index (χ2n) is 4.43. The van der Waals surface area contributed by atoms with E-state index in [0.717, 1.165) is 33.9 Å². The Morgan fingerprint density at radius 2 is 2.14 bits per heavy atom. The number of nitrogens with zero attached hydrogens (tertiary/aromatic N) is 1. The summed E-state index contributed by atoms with van der Waals surface area (Å²) >= 11 is 3.10. The van der Waals surface area contributed by atoms with Gasteiger partial charge in [-0.05, 0) is 35.7 Å². The Bertz CT molecular complexity index is 698. The monoisotopic (exact) mass is 323 g/mol. The standard InChI is InChI=1S/C15H11F2NOS2/c16-10-3-4-13(17)12(8-10)15(19)18-5-7-21-14(18)9-11-2-1-6-20-11/h1-4,6,8-9H,5,7H2/b14-9+. The number of carbonyl (C=O) groups excluding carboxylic acids is 1. The van der Waals surface area contributed by atoms with E-state index in [1.165, 1.54) is 16.7 Å². The van der Waals surface area contributed by atoms with Gasteiger partial charge in [0.15, 0.2) is 0 Å². The van der Waals surface area contributed by atoms with Crippen molar-refractivity contribution in [2.24, 2.45) is 0 Å². The summed E-state index contributed by atoms with van der Waals surface area (Å²) in [5.74, 6) is -1.07. The maximum Gasteiger partial charge on any atom is 0.261 e. The average Bonchev–Trinajstić information content (AvgIpc) is 3.13. The van der Waals surface area contributed by atoms with Crippen LogP contribution in [0.25, 0.3) is 6.08 Å². The van der Waals surface area contributed by atoms with Gasteiger partial charge in [-0.1, -0.05) is 6.07 Å². The van der Waals surface area contributed by atoms with Crippen LogP contribution in [-0.4, -0.2) is 23.1 Å². The van der Waals surface area contributed by atoms with Crippen molar-refractivity contribution in [2.45, 2.75) is 0 Å². The summed E-state index contributed by atoms with van der Waals surface area (Å²) in [6.07, 6.45) is 1.90. The molecule has 0 spiro atoms. The lowest BCUT2D eigenvalue weighted by molar-refractivity contribution is 0.0826. The molecule has 1 aromatic heterocycles. The SMILES string of the molecule is O=C(c1cc(F)ccc1F)N1CCS/C1=C/c1cccs1. The highest BCUT2D eigenvalue weighted by Gasteiger charge is 2.27. The number of carbonyl (C=O) groups is 1. The number of halogens is 2. The molecule has 0 saturated carbocycles. The average molecular weight is 323 g/mol. The second kappa shape index (κ2) is 5.99. The van der Waals surface area contributed by atoms with Crippen molar-refractivity contribution in [3.05, 3.63) is 62.8 Å². The Hall–Kier alpha value is -1.66. The highest BCUT2D eigenvalue weighted by molar-refractivity contribution is 8.03. The molecular formula is C15H11F2NOS2. The van der Waals surface area contributed by atoms with Crippen molar-refractivity contribution in [3.8, 4) is 0 Å². The molecular weight excluding hydrogens is 312 g/mol. The molecule has 1 fully saturated rings. The Balaban J connectivity index is 1.91. The van der Waals surface area contributed by atoms with Crippen molar-refractivity contribution in [1.29, 1.82) is 0 Å². The number of hydrogen-bond donors (Lipinski definition) is 0. The third-order valence-corrected chi connectivity index (χ3v) is 4.88. The van der Waals surface area contributed by atoms with Crippen LogP contribution in [0.3, 0.4) is 0 Å². The first-order valence-electron chi connectivity index (χ1n) is 6.30. The van der Waals surface area contributed by atoms with E-state index in [4.69, 9.17) is 0 Å². The number of thioether (sulfide) groups is 1. The normalized spacial score (nSPS) is 16.7. The molecule has 0 atom stereocenters. The van der Waals surface area contributed by atoms with E-state index in [1.807, 2.05) is 23.6 Å². The van der Waals surface area contributed by atoms with Crippen LogP contribution in [0.15, 0.2) is 40.7 Å². The van der Waals surface area contributed by atoms with Crippen molar-refractivity contribution in [3.63, 3.8) is 0 Å². The van der Waals surface area contributed by atoms with E-state index in [9.17, 15) is 13.6 Å². The van der Waals surface area contributed by atoms with Gasteiger partial charge in [-0.2, -0.15) is 0 Å². The molecule has 0 N–H and O–H groups in total. The lowest BCUT2D eigenvalue weighted by atomic mass is 10.2. The summed E-state index contributed by atoms with van der Waals surface area (Å²) < 4.78 is 27.0. The lowest BCUT2D eigenvalue weighted by Crippen LogP contribution is -2.27. The van der Waals surface area contributed by atoms with Crippen molar-refractivity contribution >= 4 is 35.1 Å². The first-order chi connectivity index (χ1) is 10.1. The molecule has 108 valence electrons. The Labute approximate surface area is 129 Å². The minimum atomic E-state index is -0.700. The molecule has 1 saturated heterocycles. The third kappa shape index (κ3) is 3.01. The van der Waals surface area contributed by atoms with Crippen LogP contribution >= 0.6 is 23.1 Å². The molecule has 0 unspecified atom stereocenters. The molecule has 1 aliphatic rings. The molecule has 2 aromatic rings. The molecule has 0 bridgehead atoms. The van der Waals surface area contributed by atoms with Gasteiger partial charge in [0.25, 0.3) is 5.91 Å². The first kappa shape index (κ1) is 14.3. The predicted molar refractivity (Wildman–Crippen MR) is 82.1 cm³/mol. The van der Waals surface area contributed by atoms with Gasteiger partial charge < -0.3 is 4.90 Å². The zero-order chi connectivity index (χ0) is 14.8. The molecule has 1 aliphatic heterocycles. The van der Waals surface area contributed by atoms with E-state index >= 15 is 0 Å². The minimum Gasteiger partial charge on any atom is -0.302 e. The van der Waals surface area contributed by atoms with Gasteiger partial charge in [0.05, 0.1) is 10.6 Å². The summed E-state index contributed by atoms with van der Waals surface area (Å²) in [7, 11) is 0. The Morgan fingerprint density at radius 1 is 1.29 bits per heavy atom. The topological polar surface area (TPSA) is 20.3 Å². The van der Waals surface area contributed by atoms with Crippen molar-refractivity contribution in [2.75, 3.05) is 12.3 Å². The Morgan fingerprint density at radius 3 is 2.90 bits per heavy atom. The van der Waals surface area contributed by atoms with Gasteiger partial charge in [-0.25, -0.2) is 8.78 Å². The van der Waals surface area contributed by atoms with E-state index in [0.29, 0.717) is 6.54 Å². The fourth-order valence-corrected chi connectivity index (χ4v) is 3.80. The molecule has 21 heavy (non-hydrogen) atoms. The maximum absolute atomic E-state index is 13.7. The molecule has 0 radical (unpaired) electrons. The highest BCUT2D eigenvalue weighted by Crippen LogP contribution is 2.32. The van der Waals surface area contributed by atoms with Gasteiger partial charge >= 0.3 is 0 Å². The van der Waals surface area contributed by atoms with E-state index in [1.54, 1.807) is 11.3 Å². The van der Waals surface area contributed by atoms with E-state index in [-0.39, 0.29) is 5.56 Å². The quantitative estimate of drug-likeness (QED) is 0.825.